The van der Waals surface area contributed by atoms with E-state index >= 15 is 0 Å². The van der Waals surface area contributed by atoms with Crippen molar-refractivity contribution in [2.75, 3.05) is 12.9 Å². The van der Waals surface area contributed by atoms with Crippen LogP contribution in [-0.2, 0) is 16.1 Å². The van der Waals surface area contributed by atoms with Crippen LogP contribution in [0.1, 0.15) is 11.1 Å². The van der Waals surface area contributed by atoms with Crippen molar-refractivity contribution in [3.8, 4) is 0 Å². The number of rotatable bonds is 6. The summed E-state index contributed by atoms with van der Waals surface area (Å²) in [6, 6.07) is 13.4. The lowest BCUT2D eigenvalue weighted by Crippen LogP contribution is -2.22. The molecule has 1 aliphatic rings. The Labute approximate surface area is 187 Å². The van der Waals surface area contributed by atoms with Gasteiger partial charge in [-0.25, -0.2) is 0 Å². The van der Waals surface area contributed by atoms with Crippen molar-refractivity contribution in [2.45, 2.75) is 17.5 Å². The first-order valence-electron chi connectivity index (χ1n) is 10.1. The van der Waals surface area contributed by atoms with Gasteiger partial charge in [0, 0.05) is 50.2 Å². The average molecular weight is 448 g/mol. The lowest BCUT2D eigenvalue weighted by Gasteiger charge is -2.10. The van der Waals surface area contributed by atoms with E-state index in [0.717, 1.165) is 26.7 Å². The van der Waals surface area contributed by atoms with Crippen molar-refractivity contribution < 1.29 is 19.8 Å². The molecule has 3 heterocycles. The van der Waals surface area contributed by atoms with Crippen LogP contribution >= 0.6 is 11.8 Å². The van der Waals surface area contributed by atoms with Gasteiger partial charge in [0.15, 0.2) is 0 Å². The van der Waals surface area contributed by atoms with Crippen molar-refractivity contribution in [1.82, 2.24) is 14.9 Å². The van der Waals surface area contributed by atoms with Crippen molar-refractivity contribution in [1.29, 1.82) is 0 Å². The van der Waals surface area contributed by atoms with E-state index in [2.05, 4.69) is 10.3 Å². The number of aromatic amines is 1. The van der Waals surface area contributed by atoms with Gasteiger partial charge in [-0.15, -0.1) is 11.8 Å². The maximum atomic E-state index is 13.1. The van der Waals surface area contributed by atoms with E-state index in [9.17, 15) is 19.8 Å². The van der Waals surface area contributed by atoms with Gasteiger partial charge in [-0.2, -0.15) is 0 Å². The number of benzene rings is 2. The normalized spacial score (nSPS) is 15.2. The van der Waals surface area contributed by atoms with Gasteiger partial charge >= 0.3 is 0 Å². The minimum atomic E-state index is -0.947. The summed E-state index contributed by atoms with van der Waals surface area (Å²) < 4.78 is 1.82. The molecule has 0 fully saturated rings. The number of amides is 2. The number of carbonyl (C=O) groups excluding carboxylic acids is 2. The number of aromatic nitrogens is 2. The molecule has 4 N–H and O–H groups in total. The van der Waals surface area contributed by atoms with Gasteiger partial charge in [0.05, 0.1) is 30.4 Å². The molecular formula is C24H21N3O4S. The van der Waals surface area contributed by atoms with Crippen LogP contribution in [0.2, 0.25) is 0 Å². The number of nitrogens with one attached hydrogen (secondary N) is 2. The summed E-state index contributed by atoms with van der Waals surface area (Å²) >= 11 is 1.54. The molecule has 0 saturated carbocycles. The molecule has 0 aliphatic carbocycles. The molecule has 7 nitrogen and oxygen atoms in total. The topological polar surface area (TPSA) is 107 Å². The number of hydrogen-bond donors (Lipinski definition) is 4. The fourth-order valence-electron chi connectivity index (χ4n) is 4.36. The Kier molecular flexibility index (Phi) is 5.13. The molecule has 0 bridgehead atoms. The highest BCUT2D eigenvalue weighted by atomic mass is 32.2. The maximum Gasteiger partial charge on any atom is 0.259 e. The second-order valence-electron chi connectivity index (χ2n) is 7.67. The maximum absolute atomic E-state index is 13.1. The summed E-state index contributed by atoms with van der Waals surface area (Å²) in [4.78, 5) is 30.1. The summed E-state index contributed by atoms with van der Waals surface area (Å²) in [5.74, 6) is -0.888. The number of fused-ring (bicyclic) bond motifs is 2. The van der Waals surface area contributed by atoms with E-state index in [-0.39, 0.29) is 13.2 Å². The summed E-state index contributed by atoms with van der Waals surface area (Å²) in [6.45, 7) is -0.213. The monoisotopic (exact) mass is 447 g/mol. The number of para-hydroxylation sites is 1. The van der Waals surface area contributed by atoms with E-state index in [0.29, 0.717) is 22.3 Å². The fraction of sp³-hybridized carbons (Fsp3) is 0.167. The van der Waals surface area contributed by atoms with Crippen molar-refractivity contribution >= 4 is 56.5 Å². The number of nitrogens with zero attached hydrogens (tertiary/aromatic N) is 1. The van der Waals surface area contributed by atoms with Crippen molar-refractivity contribution in [2.24, 2.45) is 0 Å². The number of hydrogen-bond acceptors (Lipinski definition) is 5. The third-order valence-electron chi connectivity index (χ3n) is 5.77. The molecule has 162 valence electrons. The zero-order chi connectivity index (χ0) is 22.4. The van der Waals surface area contributed by atoms with Crippen molar-refractivity contribution in [3.63, 3.8) is 0 Å². The van der Waals surface area contributed by atoms with Gasteiger partial charge in [0.2, 0.25) is 0 Å². The number of aliphatic hydroxyl groups is 2. The third-order valence-corrected chi connectivity index (χ3v) is 6.55. The van der Waals surface area contributed by atoms with E-state index < -0.39 is 17.9 Å². The SMILES string of the molecule is CSc1cccc2c1c(C1=C(c3c[nH]c4ccccc34)C(=O)NC1=O)cn2CC(O)CO. The number of H-pyrrole nitrogens is 1. The first kappa shape index (κ1) is 20.6. The molecule has 0 spiro atoms. The Balaban J connectivity index is 1.83. The summed E-state index contributed by atoms with van der Waals surface area (Å²) in [6.07, 6.45) is 4.54. The Hall–Kier alpha value is -3.33. The van der Waals surface area contributed by atoms with Crippen LogP contribution in [0.5, 0.6) is 0 Å². The van der Waals surface area contributed by atoms with Crippen molar-refractivity contribution in [3.05, 3.63) is 66.0 Å². The van der Waals surface area contributed by atoms with Gasteiger partial charge in [-0.3, -0.25) is 14.9 Å². The summed E-state index contributed by atoms with van der Waals surface area (Å²) in [7, 11) is 0. The Morgan fingerprint density at radius 2 is 1.78 bits per heavy atom. The molecule has 0 radical (unpaired) electrons. The zero-order valence-electron chi connectivity index (χ0n) is 17.3. The quantitative estimate of drug-likeness (QED) is 0.269. The number of imide groups is 1. The lowest BCUT2D eigenvalue weighted by molar-refractivity contribution is -0.122. The van der Waals surface area contributed by atoms with E-state index in [1.54, 1.807) is 24.2 Å². The molecule has 2 aromatic heterocycles. The number of aliphatic hydroxyl groups excluding tert-OH is 2. The second-order valence-corrected chi connectivity index (χ2v) is 8.52. The van der Waals surface area contributed by atoms with E-state index in [1.807, 2.05) is 53.3 Å². The van der Waals surface area contributed by atoms with Gasteiger partial charge < -0.3 is 19.8 Å². The van der Waals surface area contributed by atoms with E-state index in [1.165, 1.54) is 0 Å². The average Bonchev–Trinajstić information content (AvgIpc) is 3.46. The summed E-state index contributed by atoms with van der Waals surface area (Å²) in [5, 5.41) is 23.6. The molecule has 4 aromatic rings. The number of carbonyl (C=O) groups is 2. The molecule has 0 saturated heterocycles. The molecule has 32 heavy (non-hydrogen) atoms. The van der Waals surface area contributed by atoms with Crippen LogP contribution in [0.4, 0.5) is 0 Å². The highest BCUT2D eigenvalue weighted by Crippen LogP contribution is 2.40. The predicted octanol–water partition coefficient (Wildman–Crippen LogP) is 2.76. The Bertz CT molecular complexity index is 1420. The van der Waals surface area contributed by atoms with E-state index in [4.69, 9.17) is 0 Å². The Morgan fingerprint density at radius 3 is 2.53 bits per heavy atom. The molecule has 8 heteroatoms. The standard InChI is InChI=1S/C24H21N3O4S/c1-32-19-8-4-7-18-20(19)16(11-27(18)10-13(29)12-28)22-21(23(30)26-24(22)31)15-9-25-17-6-3-2-5-14(15)17/h2-9,11,13,25,28-29H,10,12H2,1H3,(H,26,30,31). The van der Waals surface area contributed by atoms with Gasteiger partial charge in [-0.05, 0) is 24.5 Å². The molecular weight excluding hydrogens is 426 g/mol. The van der Waals surface area contributed by atoms with Gasteiger partial charge in [-0.1, -0.05) is 24.3 Å². The molecule has 2 aromatic carbocycles. The van der Waals surface area contributed by atoms with Crippen LogP contribution in [0, 0.1) is 0 Å². The van der Waals surface area contributed by atoms with Crippen LogP contribution in [0.3, 0.4) is 0 Å². The smallest absolute Gasteiger partial charge is 0.259 e. The molecule has 1 unspecified atom stereocenters. The highest BCUT2D eigenvalue weighted by Gasteiger charge is 2.35. The first-order chi connectivity index (χ1) is 15.5. The molecule has 1 atom stereocenters. The predicted molar refractivity (Wildman–Crippen MR) is 125 cm³/mol. The van der Waals surface area contributed by atoms with Crippen LogP contribution in [0.15, 0.2) is 59.8 Å². The highest BCUT2D eigenvalue weighted by molar-refractivity contribution is 7.98. The van der Waals surface area contributed by atoms with Gasteiger partial charge in [0.1, 0.15) is 0 Å². The van der Waals surface area contributed by atoms with Gasteiger partial charge in [0.25, 0.3) is 11.8 Å². The third kappa shape index (κ3) is 3.15. The van der Waals surface area contributed by atoms with Crippen LogP contribution in [0.25, 0.3) is 33.0 Å². The fourth-order valence-corrected chi connectivity index (χ4v) is 5.00. The first-order valence-corrected chi connectivity index (χ1v) is 11.4. The zero-order valence-corrected chi connectivity index (χ0v) is 18.1. The molecule has 1 aliphatic heterocycles. The number of thioether (sulfide) groups is 1. The molecule has 5 rings (SSSR count). The Morgan fingerprint density at radius 1 is 1.03 bits per heavy atom. The molecule has 2 amide bonds. The lowest BCUT2D eigenvalue weighted by atomic mass is 9.95. The largest absolute Gasteiger partial charge is 0.394 e. The van der Waals surface area contributed by atoms with Crippen LogP contribution < -0.4 is 5.32 Å². The summed E-state index contributed by atoms with van der Waals surface area (Å²) in [5.41, 5.74) is 3.61. The minimum Gasteiger partial charge on any atom is -0.394 e. The van der Waals surface area contributed by atoms with Crippen LogP contribution in [-0.4, -0.2) is 50.5 Å². The minimum absolute atomic E-state index is 0.163. The second kappa shape index (κ2) is 7.98.